The summed E-state index contributed by atoms with van der Waals surface area (Å²) in [5.74, 6) is 2.29. The first-order chi connectivity index (χ1) is 15.1. The monoisotopic (exact) mass is 435 g/mol. The molecule has 0 unspecified atom stereocenters. The molecule has 1 saturated heterocycles. The minimum Gasteiger partial charge on any atom is -0.493 e. The number of amides is 1. The highest BCUT2D eigenvalue weighted by atomic mass is 35.5. The third kappa shape index (κ3) is 3.83. The van der Waals surface area contributed by atoms with E-state index in [9.17, 15) is 4.79 Å². The van der Waals surface area contributed by atoms with Crippen LogP contribution in [0, 0.1) is 18.8 Å². The van der Waals surface area contributed by atoms with Gasteiger partial charge in [-0.1, -0.05) is 29.8 Å². The highest BCUT2D eigenvalue weighted by Crippen LogP contribution is 2.47. The van der Waals surface area contributed by atoms with Crippen LogP contribution >= 0.6 is 11.6 Å². The topological polar surface area (TPSA) is 64.5 Å². The van der Waals surface area contributed by atoms with Gasteiger partial charge in [0.05, 0.1) is 19.3 Å². The summed E-state index contributed by atoms with van der Waals surface area (Å²) in [7, 11) is 0. The van der Waals surface area contributed by atoms with Crippen molar-refractivity contribution in [3.63, 3.8) is 0 Å². The predicted octanol–water partition coefficient (Wildman–Crippen LogP) is 4.34. The quantitative estimate of drug-likeness (QED) is 0.610. The van der Waals surface area contributed by atoms with E-state index in [2.05, 4.69) is 9.97 Å². The summed E-state index contributed by atoms with van der Waals surface area (Å²) in [5.41, 5.74) is 1.67. The first kappa shape index (κ1) is 19.8. The molecule has 2 aromatic carbocycles. The van der Waals surface area contributed by atoms with Crippen molar-refractivity contribution in [2.45, 2.75) is 13.0 Å². The predicted molar refractivity (Wildman–Crippen MR) is 116 cm³/mol. The highest BCUT2D eigenvalue weighted by molar-refractivity contribution is 6.30. The Hall–Kier alpha value is -3.12. The van der Waals surface area contributed by atoms with Crippen molar-refractivity contribution in [1.29, 1.82) is 0 Å². The summed E-state index contributed by atoms with van der Waals surface area (Å²) in [5, 5.41) is 0.610. The van der Waals surface area contributed by atoms with E-state index in [0.29, 0.717) is 42.0 Å². The van der Waals surface area contributed by atoms with Crippen molar-refractivity contribution in [2.75, 3.05) is 19.8 Å². The van der Waals surface area contributed by atoms with Gasteiger partial charge in [0.2, 0.25) is 5.88 Å². The maximum absolute atomic E-state index is 13.5. The van der Waals surface area contributed by atoms with Gasteiger partial charge in [-0.15, -0.1) is 0 Å². The third-order valence-electron chi connectivity index (χ3n) is 5.99. The van der Waals surface area contributed by atoms with Gasteiger partial charge in [0.25, 0.3) is 5.91 Å². The molecule has 6 nitrogen and oxygen atoms in total. The van der Waals surface area contributed by atoms with Crippen molar-refractivity contribution in [3.8, 4) is 11.6 Å². The molecule has 1 aromatic heterocycles. The number of hydrogen-bond acceptors (Lipinski definition) is 5. The van der Waals surface area contributed by atoms with Gasteiger partial charge in [-0.3, -0.25) is 4.79 Å². The zero-order valence-corrected chi connectivity index (χ0v) is 17.8. The zero-order valence-electron chi connectivity index (χ0n) is 17.1. The molecule has 1 fully saturated rings. The Morgan fingerprint density at radius 3 is 2.81 bits per heavy atom. The maximum Gasteiger partial charge on any atom is 0.254 e. The van der Waals surface area contributed by atoms with Gasteiger partial charge in [-0.05, 0) is 37.3 Å². The van der Waals surface area contributed by atoms with E-state index in [-0.39, 0.29) is 23.8 Å². The largest absolute Gasteiger partial charge is 0.493 e. The molecule has 0 N–H and O–H groups in total. The van der Waals surface area contributed by atoms with Crippen LogP contribution in [0.1, 0.15) is 27.8 Å². The second-order valence-corrected chi connectivity index (χ2v) is 8.37. The number of nitrogens with zero attached hydrogens (tertiary/aromatic N) is 3. The summed E-state index contributed by atoms with van der Waals surface area (Å²) < 4.78 is 12.0. The minimum atomic E-state index is -0.0612. The fourth-order valence-electron chi connectivity index (χ4n) is 4.51. The molecular weight excluding hydrogens is 414 g/mol. The molecule has 31 heavy (non-hydrogen) atoms. The third-order valence-corrected chi connectivity index (χ3v) is 6.25. The van der Waals surface area contributed by atoms with Crippen molar-refractivity contribution in [2.24, 2.45) is 11.8 Å². The van der Waals surface area contributed by atoms with Crippen molar-refractivity contribution < 1.29 is 14.3 Å². The average Bonchev–Trinajstić information content (AvgIpc) is 3.17. The second kappa shape index (κ2) is 8.19. The van der Waals surface area contributed by atoms with Crippen LogP contribution in [0.25, 0.3) is 0 Å². The maximum atomic E-state index is 13.5. The Morgan fingerprint density at radius 1 is 1.19 bits per heavy atom. The van der Waals surface area contributed by atoms with E-state index in [1.54, 1.807) is 36.5 Å². The molecule has 5 rings (SSSR count). The van der Waals surface area contributed by atoms with E-state index < -0.39 is 0 Å². The van der Waals surface area contributed by atoms with Gasteiger partial charge in [0, 0.05) is 46.8 Å². The fraction of sp³-hybridized carbons (Fsp3) is 0.292. The number of carbonyl (C=O) groups excluding carboxylic acids is 1. The molecule has 0 bridgehead atoms. The van der Waals surface area contributed by atoms with Crippen molar-refractivity contribution >= 4 is 17.5 Å². The minimum absolute atomic E-state index is 0.0104. The molecule has 3 atom stereocenters. The van der Waals surface area contributed by atoms with E-state index in [4.69, 9.17) is 21.1 Å². The molecular formula is C24H22ClN3O3. The summed E-state index contributed by atoms with van der Waals surface area (Å²) in [6, 6.07) is 16.7. The fourth-order valence-corrected chi connectivity index (χ4v) is 4.64. The Labute approximate surface area is 185 Å². The molecule has 3 aromatic rings. The second-order valence-electron chi connectivity index (χ2n) is 7.94. The Balaban J connectivity index is 1.44. The molecule has 7 heteroatoms. The molecule has 2 aliphatic rings. The van der Waals surface area contributed by atoms with Gasteiger partial charge in [-0.2, -0.15) is 4.98 Å². The van der Waals surface area contributed by atoms with Crippen LogP contribution in [0.3, 0.4) is 0 Å². The number of halogens is 1. The van der Waals surface area contributed by atoms with Crippen molar-refractivity contribution in [1.82, 2.24) is 14.9 Å². The number of aryl methyl sites for hydroxylation is 1. The lowest BCUT2D eigenvalue weighted by Crippen LogP contribution is -2.35. The van der Waals surface area contributed by atoms with Gasteiger partial charge < -0.3 is 14.4 Å². The average molecular weight is 436 g/mol. The van der Waals surface area contributed by atoms with Crippen LogP contribution in [-0.4, -0.2) is 40.5 Å². The SMILES string of the molecule is Cc1nccc(OC[C@@H]2CN(C(=O)c3ccc(Cl)cc3)[C@H]3c4ccccc4OC[C@@H]23)n1. The molecule has 158 valence electrons. The number of ether oxygens (including phenoxy) is 2. The number of likely N-dealkylation sites (tertiary alicyclic amines) is 1. The van der Waals surface area contributed by atoms with Crippen LogP contribution in [-0.2, 0) is 0 Å². The standard InChI is InChI=1S/C24H22ClN3O3/c1-15-26-11-10-22(27-15)31-13-17-12-28(24(29)16-6-8-18(25)9-7-16)23-19-4-2-3-5-21(19)30-14-20(17)23/h2-11,17,20,23H,12-14H2,1H3/t17-,20-,23-/m0/s1. The number of benzene rings is 2. The van der Waals surface area contributed by atoms with Crippen LogP contribution in [0.2, 0.25) is 5.02 Å². The molecule has 0 radical (unpaired) electrons. The van der Waals surface area contributed by atoms with Crippen LogP contribution in [0.4, 0.5) is 0 Å². The van der Waals surface area contributed by atoms with Gasteiger partial charge in [0.1, 0.15) is 11.6 Å². The summed E-state index contributed by atoms with van der Waals surface area (Å²) in [6.07, 6.45) is 1.69. The van der Waals surface area contributed by atoms with E-state index in [0.717, 1.165) is 11.3 Å². The Morgan fingerprint density at radius 2 is 2.00 bits per heavy atom. The first-order valence-corrected chi connectivity index (χ1v) is 10.7. The zero-order chi connectivity index (χ0) is 21.4. The Kier molecular flexibility index (Phi) is 5.24. The molecule has 0 saturated carbocycles. The van der Waals surface area contributed by atoms with E-state index in [1.807, 2.05) is 36.1 Å². The lowest BCUT2D eigenvalue weighted by atomic mass is 9.85. The molecule has 2 aliphatic heterocycles. The van der Waals surface area contributed by atoms with Gasteiger partial charge in [0.15, 0.2) is 0 Å². The summed E-state index contributed by atoms with van der Waals surface area (Å²) in [6.45, 7) is 3.41. The van der Waals surface area contributed by atoms with Gasteiger partial charge >= 0.3 is 0 Å². The van der Waals surface area contributed by atoms with Crippen LogP contribution in [0.15, 0.2) is 60.8 Å². The normalized spacial score (nSPS) is 21.7. The summed E-state index contributed by atoms with van der Waals surface area (Å²) in [4.78, 5) is 23.9. The smallest absolute Gasteiger partial charge is 0.254 e. The van der Waals surface area contributed by atoms with E-state index in [1.165, 1.54) is 0 Å². The van der Waals surface area contributed by atoms with Crippen LogP contribution < -0.4 is 9.47 Å². The molecule has 3 heterocycles. The first-order valence-electron chi connectivity index (χ1n) is 10.3. The lowest BCUT2D eigenvalue weighted by molar-refractivity contribution is 0.0674. The number of fused-ring (bicyclic) bond motifs is 3. The van der Waals surface area contributed by atoms with Crippen LogP contribution in [0.5, 0.6) is 11.6 Å². The number of aromatic nitrogens is 2. The molecule has 1 amide bonds. The van der Waals surface area contributed by atoms with E-state index >= 15 is 0 Å². The molecule has 0 spiro atoms. The van der Waals surface area contributed by atoms with Crippen molar-refractivity contribution in [3.05, 3.63) is 82.8 Å². The number of hydrogen-bond donors (Lipinski definition) is 0. The number of rotatable bonds is 4. The number of para-hydroxylation sites is 1. The van der Waals surface area contributed by atoms with Gasteiger partial charge in [-0.25, -0.2) is 4.98 Å². The lowest BCUT2D eigenvalue weighted by Gasteiger charge is -2.34. The Bertz CT molecular complexity index is 1110. The molecule has 0 aliphatic carbocycles. The highest BCUT2D eigenvalue weighted by Gasteiger charge is 2.48. The summed E-state index contributed by atoms with van der Waals surface area (Å²) >= 11 is 6.02. The number of carbonyl (C=O) groups is 1.